The third-order valence-electron chi connectivity index (χ3n) is 3.37. The molecule has 0 aliphatic heterocycles. The summed E-state index contributed by atoms with van der Waals surface area (Å²) < 4.78 is 1.95. The largest absolute Gasteiger partial charge is 0.272 e. The zero-order chi connectivity index (χ0) is 13.9. The number of nitrogens with zero attached hydrogens (tertiary/aromatic N) is 3. The number of benzene rings is 1. The third kappa shape index (κ3) is 2.62. The summed E-state index contributed by atoms with van der Waals surface area (Å²) in [5.41, 5.74) is 6.29. The lowest BCUT2D eigenvalue weighted by Crippen LogP contribution is -1.93. The van der Waals surface area contributed by atoms with Crippen molar-refractivity contribution in [3.8, 4) is 22.3 Å². The van der Waals surface area contributed by atoms with E-state index in [-0.39, 0.29) is 0 Å². The van der Waals surface area contributed by atoms with Gasteiger partial charge in [-0.15, -0.1) is 0 Å². The Labute approximate surface area is 118 Å². The summed E-state index contributed by atoms with van der Waals surface area (Å²) in [6.07, 6.45) is 5.68. The Morgan fingerprint density at radius 2 is 1.70 bits per heavy atom. The van der Waals surface area contributed by atoms with Crippen LogP contribution >= 0.6 is 0 Å². The van der Waals surface area contributed by atoms with Crippen LogP contribution in [0.1, 0.15) is 12.6 Å². The molecule has 0 fully saturated rings. The molecule has 20 heavy (non-hydrogen) atoms. The highest BCUT2D eigenvalue weighted by atomic mass is 15.3. The molecule has 0 bridgehead atoms. The Morgan fingerprint density at radius 1 is 1.00 bits per heavy atom. The minimum atomic E-state index is 0.909. The molecule has 0 aromatic carbocycles. The van der Waals surface area contributed by atoms with Gasteiger partial charge in [0, 0.05) is 30.7 Å². The van der Waals surface area contributed by atoms with E-state index < -0.39 is 0 Å². The van der Waals surface area contributed by atoms with E-state index in [1.54, 1.807) is 12.4 Å². The van der Waals surface area contributed by atoms with Crippen LogP contribution in [-0.2, 0) is 6.54 Å². The number of pyridine rings is 1. The second kappa shape index (κ2) is 5.29. The molecule has 0 atom stereocenters. The van der Waals surface area contributed by atoms with E-state index in [0.717, 1.165) is 12.2 Å². The Kier molecular flexibility index (Phi) is 3.33. The molecule has 0 spiro atoms. The van der Waals surface area contributed by atoms with E-state index >= 15 is 0 Å². The standard InChI is InChI=1S/C11H13N3.C6H4/c1-3-14-8-11(9(2)13-14)10-4-6-12-7-5-10;1-2-5-4-6(5)3-1/h4-8H,3H2,1-2H3;1-4H. The number of hydrogen-bond donors (Lipinski definition) is 0. The average molecular weight is 263 g/mol. The van der Waals surface area contributed by atoms with Crippen LogP contribution in [0.25, 0.3) is 22.3 Å². The number of hydrogen-bond acceptors (Lipinski definition) is 2. The van der Waals surface area contributed by atoms with Crippen molar-refractivity contribution < 1.29 is 0 Å². The SMILES string of the molecule is CCn1cc(-c2ccncc2)c(C)n1.c1cc2cc-2c1. The van der Waals surface area contributed by atoms with Crippen LogP contribution in [0.2, 0.25) is 0 Å². The highest BCUT2D eigenvalue weighted by Gasteiger charge is 2.07. The Balaban J connectivity index is 0.000000165. The lowest BCUT2D eigenvalue weighted by atomic mass is 10.1. The fourth-order valence-corrected chi connectivity index (χ4v) is 2.17. The van der Waals surface area contributed by atoms with Gasteiger partial charge >= 0.3 is 0 Å². The maximum atomic E-state index is 4.40. The maximum Gasteiger partial charge on any atom is 0.0672 e. The molecule has 0 saturated heterocycles. The fraction of sp³-hybridized carbons (Fsp3) is 0.176. The van der Waals surface area contributed by atoms with Crippen molar-refractivity contribution in [2.45, 2.75) is 20.4 Å². The van der Waals surface area contributed by atoms with Gasteiger partial charge in [-0.1, -0.05) is 18.2 Å². The Bertz CT molecular complexity index is 697. The molecule has 2 aliphatic rings. The molecule has 3 nitrogen and oxygen atoms in total. The summed E-state index contributed by atoms with van der Waals surface area (Å²) in [5, 5.41) is 4.40. The van der Waals surface area contributed by atoms with Gasteiger partial charge in [0.25, 0.3) is 0 Å². The number of aryl methyl sites for hydroxylation is 2. The summed E-state index contributed by atoms with van der Waals surface area (Å²) in [6.45, 7) is 5.02. The molecular weight excluding hydrogens is 246 g/mol. The van der Waals surface area contributed by atoms with Crippen molar-refractivity contribution in [2.24, 2.45) is 0 Å². The minimum absolute atomic E-state index is 0.909. The second-order valence-corrected chi connectivity index (χ2v) is 4.80. The van der Waals surface area contributed by atoms with Gasteiger partial charge in [-0.05, 0) is 48.7 Å². The Hall–Kier alpha value is -2.42. The minimum Gasteiger partial charge on any atom is -0.272 e. The van der Waals surface area contributed by atoms with Gasteiger partial charge < -0.3 is 0 Å². The van der Waals surface area contributed by atoms with Crippen LogP contribution in [-0.4, -0.2) is 14.8 Å². The third-order valence-corrected chi connectivity index (χ3v) is 3.37. The first-order chi connectivity index (χ1) is 9.78. The van der Waals surface area contributed by atoms with E-state index in [4.69, 9.17) is 0 Å². The van der Waals surface area contributed by atoms with Crippen LogP contribution in [0.4, 0.5) is 0 Å². The Morgan fingerprint density at radius 3 is 2.15 bits per heavy atom. The van der Waals surface area contributed by atoms with Crippen LogP contribution in [0.3, 0.4) is 0 Å². The van der Waals surface area contributed by atoms with E-state index in [1.165, 1.54) is 22.3 Å². The predicted molar refractivity (Wildman–Crippen MR) is 81.3 cm³/mol. The molecule has 4 rings (SSSR count). The second-order valence-electron chi connectivity index (χ2n) is 4.80. The average Bonchev–Trinajstić information content (AvgIpc) is 2.92. The zero-order valence-corrected chi connectivity index (χ0v) is 11.7. The molecule has 2 heterocycles. The summed E-state index contributed by atoms with van der Waals surface area (Å²) >= 11 is 0. The van der Waals surface area contributed by atoms with Crippen LogP contribution in [0.15, 0.2) is 55.0 Å². The van der Waals surface area contributed by atoms with Gasteiger partial charge in [0.15, 0.2) is 0 Å². The maximum absolute atomic E-state index is 4.40. The number of aromatic nitrogens is 3. The van der Waals surface area contributed by atoms with E-state index in [9.17, 15) is 0 Å². The summed E-state index contributed by atoms with van der Waals surface area (Å²) in [4.78, 5) is 4.00. The molecule has 0 radical (unpaired) electrons. The van der Waals surface area contributed by atoms with Crippen molar-refractivity contribution in [1.29, 1.82) is 0 Å². The predicted octanol–water partition coefficient (Wildman–Crippen LogP) is 3.94. The van der Waals surface area contributed by atoms with Crippen molar-refractivity contribution in [3.05, 3.63) is 60.7 Å². The molecule has 2 aliphatic carbocycles. The van der Waals surface area contributed by atoms with Gasteiger partial charge in [-0.3, -0.25) is 9.67 Å². The molecular formula is C17H17N3. The molecule has 0 amide bonds. The van der Waals surface area contributed by atoms with E-state index in [0.29, 0.717) is 0 Å². The van der Waals surface area contributed by atoms with Gasteiger partial charge in [0.2, 0.25) is 0 Å². The van der Waals surface area contributed by atoms with Gasteiger partial charge in [0.1, 0.15) is 0 Å². The lowest BCUT2D eigenvalue weighted by molar-refractivity contribution is 0.653. The first-order valence-electron chi connectivity index (χ1n) is 6.83. The van der Waals surface area contributed by atoms with Gasteiger partial charge in [-0.2, -0.15) is 5.10 Å². The molecule has 3 heteroatoms. The monoisotopic (exact) mass is 263 g/mol. The van der Waals surface area contributed by atoms with Crippen LogP contribution in [0.5, 0.6) is 0 Å². The van der Waals surface area contributed by atoms with Gasteiger partial charge in [0.05, 0.1) is 5.69 Å². The summed E-state index contributed by atoms with van der Waals surface area (Å²) in [7, 11) is 0. The van der Waals surface area contributed by atoms with E-state index in [1.807, 2.05) is 23.7 Å². The molecule has 0 saturated carbocycles. The smallest absolute Gasteiger partial charge is 0.0672 e. The fourth-order valence-electron chi connectivity index (χ4n) is 2.17. The van der Waals surface area contributed by atoms with Crippen molar-refractivity contribution in [3.63, 3.8) is 0 Å². The molecule has 100 valence electrons. The van der Waals surface area contributed by atoms with Crippen LogP contribution < -0.4 is 0 Å². The topological polar surface area (TPSA) is 30.7 Å². The normalized spacial score (nSPS) is 10.7. The molecule has 0 unspecified atom stereocenters. The number of fused-ring (bicyclic) bond motifs is 1. The van der Waals surface area contributed by atoms with Crippen molar-refractivity contribution in [1.82, 2.24) is 14.8 Å². The van der Waals surface area contributed by atoms with Gasteiger partial charge in [-0.25, -0.2) is 0 Å². The van der Waals surface area contributed by atoms with Crippen molar-refractivity contribution in [2.75, 3.05) is 0 Å². The van der Waals surface area contributed by atoms with Crippen LogP contribution in [0, 0.1) is 6.92 Å². The quantitative estimate of drug-likeness (QED) is 0.548. The summed E-state index contributed by atoms with van der Waals surface area (Å²) in [6, 6.07) is 12.5. The van der Waals surface area contributed by atoms with Crippen molar-refractivity contribution >= 4 is 0 Å². The first-order valence-corrected chi connectivity index (χ1v) is 6.83. The van der Waals surface area contributed by atoms with E-state index in [2.05, 4.69) is 47.5 Å². The lowest BCUT2D eigenvalue weighted by Gasteiger charge is -1.96. The highest BCUT2D eigenvalue weighted by molar-refractivity contribution is 5.80. The highest BCUT2D eigenvalue weighted by Crippen LogP contribution is 2.32. The number of rotatable bonds is 2. The summed E-state index contributed by atoms with van der Waals surface area (Å²) in [5.74, 6) is 0. The molecule has 2 aromatic heterocycles. The first kappa shape index (κ1) is 12.6. The molecule has 0 N–H and O–H groups in total. The molecule has 2 aromatic rings. The zero-order valence-electron chi connectivity index (χ0n) is 11.7.